The van der Waals surface area contributed by atoms with Gasteiger partial charge in [0.25, 0.3) is 5.22 Å². The molecular weight excluding hydrogens is 430 g/mol. The fourth-order valence-electron chi connectivity index (χ4n) is 2.95. The Bertz CT molecular complexity index is 1000. The lowest BCUT2D eigenvalue weighted by Gasteiger charge is -2.18. The average Bonchev–Trinajstić information content (AvgIpc) is 3.33. The predicted octanol–water partition coefficient (Wildman–Crippen LogP) is 1.80. The molecule has 12 heteroatoms. The Morgan fingerprint density at radius 2 is 2.00 bits per heavy atom. The summed E-state index contributed by atoms with van der Waals surface area (Å²) in [5, 5.41) is 10.8. The smallest absolute Gasteiger partial charge is 0.324 e. The first kappa shape index (κ1) is 22.2. The number of urea groups is 1. The van der Waals surface area contributed by atoms with Gasteiger partial charge >= 0.3 is 6.03 Å². The molecule has 0 unspecified atom stereocenters. The van der Waals surface area contributed by atoms with Gasteiger partial charge in [0, 0.05) is 31.0 Å². The molecule has 2 aromatic rings. The molecule has 3 amide bonds. The van der Waals surface area contributed by atoms with E-state index >= 15 is 0 Å². The molecule has 162 valence electrons. The third kappa shape index (κ3) is 4.82. The third-order valence-electron chi connectivity index (χ3n) is 4.52. The summed E-state index contributed by atoms with van der Waals surface area (Å²) >= 11 is 1.31. The van der Waals surface area contributed by atoms with Crippen LogP contribution in [-0.4, -0.2) is 71.7 Å². The maximum atomic E-state index is 12.7. The van der Waals surface area contributed by atoms with Gasteiger partial charge in [-0.3, -0.25) is 9.69 Å². The fraction of sp³-hybridized carbons (Fsp3) is 0.444. The van der Waals surface area contributed by atoms with Crippen molar-refractivity contribution in [3.05, 3.63) is 24.3 Å². The number of hydrogen-bond acceptors (Lipinski definition) is 8. The van der Waals surface area contributed by atoms with Gasteiger partial charge in [0.1, 0.15) is 0 Å². The molecule has 1 aliphatic heterocycles. The Balaban J connectivity index is 1.62. The third-order valence-corrected chi connectivity index (χ3v) is 7.47. The van der Waals surface area contributed by atoms with Crippen LogP contribution in [0.2, 0.25) is 0 Å². The number of nitrogens with one attached hydrogen (secondary N) is 1. The van der Waals surface area contributed by atoms with Crippen LogP contribution in [0.3, 0.4) is 0 Å². The lowest BCUT2D eigenvalue weighted by atomic mass is 10.2. The minimum absolute atomic E-state index is 0.0437. The van der Waals surface area contributed by atoms with E-state index in [0.29, 0.717) is 42.6 Å². The second kappa shape index (κ2) is 9.58. The summed E-state index contributed by atoms with van der Waals surface area (Å²) < 4.78 is 32.4. The van der Waals surface area contributed by atoms with Crippen LogP contribution in [0.1, 0.15) is 20.3 Å². The van der Waals surface area contributed by atoms with Gasteiger partial charge in [0.05, 0.1) is 11.4 Å². The zero-order valence-electron chi connectivity index (χ0n) is 16.7. The molecule has 1 aliphatic rings. The molecule has 1 saturated heterocycles. The van der Waals surface area contributed by atoms with Crippen molar-refractivity contribution in [3.8, 4) is 11.5 Å². The largest absolute Gasteiger partial charge is 0.411 e. The van der Waals surface area contributed by atoms with E-state index in [9.17, 15) is 18.0 Å². The van der Waals surface area contributed by atoms with Gasteiger partial charge in [-0.1, -0.05) is 31.7 Å². The van der Waals surface area contributed by atoms with E-state index in [1.54, 1.807) is 32.0 Å². The maximum absolute atomic E-state index is 12.7. The number of carbonyl (C=O) groups excluding carboxylic acids is 2. The summed E-state index contributed by atoms with van der Waals surface area (Å²) in [7, 11) is -3.59. The lowest BCUT2D eigenvalue weighted by Crippen LogP contribution is -2.32. The van der Waals surface area contributed by atoms with Crippen LogP contribution < -0.4 is 5.32 Å². The molecule has 0 spiro atoms. The standard InChI is InChI=1S/C18H23N5O5S2/c1-3-22(4-2)30(26,27)14-8-5-7-13(11-14)16-20-21-18(28-16)29-10-6-9-23-15(24)12-19-17(23)25/h5,7-8,11H,3-4,6,9-10,12H2,1-2H3,(H,19,25). The normalized spacial score (nSPS) is 14.6. The predicted molar refractivity (Wildman–Crippen MR) is 110 cm³/mol. The summed E-state index contributed by atoms with van der Waals surface area (Å²) in [5.41, 5.74) is 0.516. The number of sulfonamides is 1. The lowest BCUT2D eigenvalue weighted by molar-refractivity contribution is -0.124. The van der Waals surface area contributed by atoms with Crippen LogP contribution in [0.15, 0.2) is 38.8 Å². The highest BCUT2D eigenvalue weighted by atomic mass is 32.2. The molecular formula is C18H23N5O5S2. The number of thioether (sulfide) groups is 1. The number of aromatic nitrogens is 2. The van der Waals surface area contributed by atoms with Gasteiger partial charge in [0.2, 0.25) is 21.8 Å². The van der Waals surface area contributed by atoms with Crippen molar-refractivity contribution in [1.82, 2.24) is 24.7 Å². The van der Waals surface area contributed by atoms with Gasteiger partial charge < -0.3 is 9.73 Å². The molecule has 1 N–H and O–H groups in total. The van der Waals surface area contributed by atoms with E-state index < -0.39 is 10.0 Å². The minimum Gasteiger partial charge on any atom is -0.411 e. The Labute approximate surface area is 179 Å². The van der Waals surface area contributed by atoms with Crippen molar-refractivity contribution in [2.45, 2.75) is 30.4 Å². The minimum atomic E-state index is -3.59. The van der Waals surface area contributed by atoms with Gasteiger partial charge in [-0.25, -0.2) is 13.2 Å². The van der Waals surface area contributed by atoms with Gasteiger partial charge in [-0.15, -0.1) is 10.2 Å². The number of benzene rings is 1. The molecule has 1 aromatic carbocycles. The molecule has 3 rings (SSSR count). The van der Waals surface area contributed by atoms with Crippen molar-refractivity contribution in [2.75, 3.05) is 31.9 Å². The Morgan fingerprint density at radius 1 is 1.23 bits per heavy atom. The number of carbonyl (C=O) groups is 2. The van der Waals surface area contributed by atoms with Gasteiger partial charge in [-0.2, -0.15) is 4.31 Å². The van der Waals surface area contributed by atoms with Crippen LogP contribution in [0.25, 0.3) is 11.5 Å². The second-order valence-electron chi connectivity index (χ2n) is 6.40. The van der Waals surface area contributed by atoms with Crippen LogP contribution >= 0.6 is 11.8 Å². The molecule has 0 atom stereocenters. The van der Waals surface area contributed by atoms with Crippen molar-refractivity contribution >= 4 is 33.7 Å². The van der Waals surface area contributed by atoms with Crippen molar-refractivity contribution < 1.29 is 22.4 Å². The quantitative estimate of drug-likeness (QED) is 0.328. The summed E-state index contributed by atoms with van der Waals surface area (Å²) in [6, 6.07) is 6.04. The SMILES string of the molecule is CCN(CC)S(=O)(=O)c1cccc(-c2nnc(SCCCN3C(=O)CNC3=O)o2)c1. The van der Waals surface area contributed by atoms with E-state index in [1.807, 2.05) is 0 Å². The highest BCUT2D eigenvalue weighted by Crippen LogP contribution is 2.26. The van der Waals surface area contributed by atoms with E-state index in [2.05, 4.69) is 15.5 Å². The first-order valence-electron chi connectivity index (χ1n) is 9.52. The van der Waals surface area contributed by atoms with E-state index in [4.69, 9.17) is 4.42 Å². The summed E-state index contributed by atoms with van der Waals surface area (Å²) in [5.74, 6) is 0.572. The zero-order chi connectivity index (χ0) is 21.7. The van der Waals surface area contributed by atoms with Crippen molar-refractivity contribution in [3.63, 3.8) is 0 Å². The number of rotatable bonds is 10. The Hall–Kier alpha value is -2.44. The number of nitrogens with zero attached hydrogens (tertiary/aromatic N) is 4. The molecule has 0 radical (unpaired) electrons. The highest BCUT2D eigenvalue weighted by molar-refractivity contribution is 7.99. The first-order valence-corrected chi connectivity index (χ1v) is 11.9. The van der Waals surface area contributed by atoms with Crippen LogP contribution in [0, 0.1) is 0 Å². The topological polar surface area (TPSA) is 126 Å². The van der Waals surface area contributed by atoms with Crippen molar-refractivity contribution in [1.29, 1.82) is 0 Å². The molecule has 0 saturated carbocycles. The fourth-order valence-corrected chi connectivity index (χ4v) is 5.14. The van der Waals surface area contributed by atoms with Crippen LogP contribution in [0.5, 0.6) is 0 Å². The molecule has 2 heterocycles. The monoisotopic (exact) mass is 453 g/mol. The van der Waals surface area contributed by atoms with Crippen molar-refractivity contribution in [2.24, 2.45) is 0 Å². The Kier molecular flexibility index (Phi) is 7.10. The van der Waals surface area contributed by atoms with Crippen LogP contribution in [0.4, 0.5) is 4.79 Å². The van der Waals surface area contributed by atoms with Gasteiger partial charge in [-0.05, 0) is 24.6 Å². The van der Waals surface area contributed by atoms with E-state index in [1.165, 1.54) is 27.0 Å². The highest BCUT2D eigenvalue weighted by Gasteiger charge is 2.27. The molecule has 0 bridgehead atoms. The molecule has 1 fully saturated rings. The average molecular weight is 454 g/mol. The summed E-state index contributed by atoms with van der Waals surface area (Å²) in [6.07, 6.45) is 0.582. The number of hydrogen-bond donors (Lipinski definition) is 1. The second-order valence-corrected chi connectivity index (χ2v) is 9.38. The van der Waals surface area contributed by atoms with E-state index in [-0.39, 0.29) is 29.3 Å². The van der Waals surface area contributed by atoms with Gasteiger partial charge in [0.15, 0.2) is 0 Å². The zero-order valence-corrected chi connectivity index (χ0v) is 18.3. The first-order chi connectivity index (χ1) is 14.4. The summed E-state index contributed by atoms with van der Waals surface area (Å²) in [6.45, 7) is 4.72. The molecule has 0 aliphatic carbocycles. The Morgan fingerprint density at radius 3 is 2.67 bits per heavy atom. The number of imide groups is 1. The number of amides is 3. The molecule has 30 heavy (non-hydrogen) atoms. The summed E-state index contributed by atoms with van der Waals surface area (Å²) in [4.78, 5) is 24.4. The maximum Gasteiger partial charge on any atom is 0.324 e. The molecule has 10 nitrogen and oxygen atoms in total. The van der Waals surface area contributed by atoms with Crippen LogP contribution in [-0.2, 0) is 14.8 Å². The van der Waals surface area contributed by atoms with E-state index in [0.717, 1.165) is 0 Å². The molecule has 1 aromatic heterocycles.